The molecule has 0 N–H and O–H groups in total. The zero-order chi connectivity index (χ0) is 19.2. The third kappa shape index (κ3) is 4.37. The van der Waals surface area contributed by atoms with Gasteiger partial charge in [-0.1, -0.05) is 81.4 Å². The van der Waals surface area contributed by atoms with E-state index in [0.29, 0.717) is 13.0 Å². The number of carbonyl (C=O) groups is 1. The zero-order valence-electron chi connectivity index (χ0n) is 16.0. The third-order valence-corrected chi connectivity index (χ3v) is 9.56. The molecule has 0 aliphatic heterocycles. The number of Topliss-reactive ketones (excluding diaryl/α,β-unsaturated/α-hetero) is 1. The van der Waals surface area contributed by atoms with Crippen LogP contribution in [0.4, 0.5) is 4.39 Å². The monoisotopic (exact) mass is 370 g/mol. The van der Waals surface area contributed by atoms with Crippen molar-refractivity contribution in [3.8, 4) is 0 Å². The molecule has 0 saturated heterocycles. The van der Waals surface area contributed by atoms with Gasteiger partial charge in [0.05, 0.1) is 0 Å². The zero-order valence-corrected chi connectivity index (χ0v) is 17.0. The first-order valence-electron chi connectivity index (χ1n) is 8.90. The molecule has 2 aromatic carbocycles. The maximum absolute atomic E-state index is 13.5. The largest absolute Gasteiger partial charge is 0.407 e. The fourth-order valence-corrected chi connectivity index (χ4v) is 7.88. The van der Waals surface area contributed by atoms with Gasteiger partial charge in [0.15, 0.2) is 11.6 Å². The molecule has 0 aliphatic rings. The highest BCUT2D eigenvalue weighted by molar-refractivity contribution is 6.99. The highest BCUT2D eigenvalue weighted by Gasteiger charge is 2.49. The molecular formula is C22H27FO2Si. The number of hydrogen-bond acceptors (Lipinski definition) is 2. The van der Waals surface area contributed by atoms with Gasteiger partial charge in [-0.2, -0.15) is 0 Å². The van der Waals surface area contributed by atoms with Gasteiger partial charge in [-0.15, -0.1) is 0 Å². The Balaban J connectivity index is 2.44. The van der Waals surface area contributed by atoms with Gasteiger partial charge in [0, 0.05) is 13.5 Å². The molecule has 0 fully saturated rings. The van der Waals surface area contributed by atoms with Crippen LogP contribution in [0.25, 0.3) is 0 Å². The van der Waals surface area contributed by atoms with Crippen LogP contribution >= 0.6 is 0 Å². The molecule has 0 heterocycles. The van der Waals surface area contributed by atoms with E-state index in [4.69, 9.17) is 4.43 Å². The van der Waals surface area contributed by atoms with Crippen LogP contribution in [-0.4, -0.2) is 20.7 Å². The maximum Gasteiger partial charge on any atom is 0.261 e. The van der Waals surface area contributed by atoms with E-state index >= 15 is 0 Å². The Labute approximate surface area is 156 Å². The topological polar surface area (TPSA) is 26.3 Å². The van der Waals surface area contributed by atoms with Crippen molar-refractivity contribution in [3.05, 3.63) is 72.6 Å². The van der Waals surface area contributed by atoms with Gasteiger partial charge in [0.2, 0.25) is 0 Å². The minimum atomic E-state index is -2.59. The van der Waals surface area contributed by atoms with Crippen LogP contribution in [0.3, 0.4) is 0 Å². The first-order valence-corrected chi connectivity index (χ1v) is 10.8. The van der Waals surface area contributed by atoms with Gasteiger partial charge < -0.3 is 4.43 Å². The van der Waals surface area contributed by atoms with Crippen LogP contribution in [0, 0.1) is 0 Å². The average Bonchev–Trinajstić information content (AvgIpc) is 2.62. The number of ketones is 1. The lowest BCUT2D eigenvalue weighted by molar-refractivity contribution is -0.114. The summed E-state index contributed by atoms with van der Waals surface area (Å²) in [6, 6.07) is 20.6. The first kappa shape index (κ1) is 20.3. The fourth-order valence-electron chi connectivity index (χ4n) is 3.30. The van der Waals surface area contributed by atoms with Crippen molar-refractivity contribution in [1.82, 2.24) is 0 Å². The summed E-state index contributed by atoms with van der Waals surface area (Å²) in [5.41, 5.74) is 0. The van der Waals surface area contributed by atoms with Crippen molar-refractivity contribution in [2.24, 2.45) is 0 Å². The van der Waals surface area contributed by atoms with E-state index < -0.39 is 19.9 Å². The minimum Gasteiger partial charge on any atom is -0.407 e. The predicted octanol–water partition coefficient (Wildman–Crippen LogP) is 4.40. The van der Waals surface area contributed by atoms with E-state index in [1.807, 2.05) is 36.4 Å². The van der Waals surface area contributed by atoms with E-state index in [9.17, 15) is 9.18 Å². The Bertz CT molecular complexity index is 709. The number of hydrogen-bond donors (Lipinski definition) is 0. The predicted molar refractivity (Wildman–Crippen MR) is 108 cm³/mol. The van der Waals surface area contributed by atoms with E-state index in [0.717, 1.165) is 0 Å². The number of allylic oxidation sites excluding steroid dienone is 1. The SMILES string of the molecule is CC(=O)/C(F)=C\CCO[Si](c1ccccc1)(c1ccccc1)C(C)(C)C. The molecule has 0 aromatic heterocycles. The summed E-state index contributed by atoms with van der Waals surface area (Å²) in [6.07, 6.45) is 1.69. The van der Waals surface area contributed by atoms with Gasteiger partial charge in [0.1, 0.15) is 0 Å². The summed E-state index contributed by atoms with van der Waals surface area (Å²) in [7, 11) is -2.59. The van der Waals surface area contributed by atoms with Crippen molar-refractivity contribution in [2.75, 3.05) is 6.61 Å². The van der Waals surface area contributed by atoms with Crippen LogP contribution < -0.4 is 10.4 Å². The van der Waals surface area contributed by atoms with E-state index in [1.54, 1.807) is 0 Å². The molecule has 0 spiro atoms. The number of benzene rings is 2. The molecule has 2 aromatic rings. The lowest BCUT2D eigenvalue weighted by Gasteiger charge is -2.43. The summed E-state index contributed by atoms with van der Waals surface area (Å²) in [5, 5.41) is 2.27. The number of halogens is 1. The van der Waals surface area contributed by atoms with E-state index in [-0.39, 0.29) is 5.04 Å². The van der Waals surface area contributed by atoms with Gasteiger partial charge in [-0.05, 0) is 27.9 Å². The quantitative estimate of drug-likeness (QED) is 0.410. The molecule has 2 rings (SSSR count). The Morgan fingerprint density at radius 2 is 1.46 bits per heavy atom. The van der Waals surface area contributed by atoms with E-state index in [1.165, 1.54) is 23.4 Å². The molecule has 0 aliphatic carbocycles. The molecule has 0 unspecified atom stereocenters. The summed E-state index contributed by atoms with van der Waals surface area (Å²) in [6.45, 7) is 8.20. The van der Waals surface area contributed by atoms with Crippen LogP contribution in [0.2, 0.25) is 5.04 Å². The molecule has 4 heteroatoms. The minimum absolute atomic E-state index is 0.113. The van der Waals surface area contributed by atoms with Crippen molar-refractivity contribution in [2.45, 2.75) is 39.2 Å². The summed E-state index contributed by atoms with van der Waals surface area (Å²) < 4.78 is 20.1. The summed E-state index contributed by atoms with van der Waals surface area (Å²) >= 11 is 0. The van der Waals surface area contributed by atoms with Crippen molar-refractivity contribution in [3.63, 3.8) is 0 Å². The number of carbonyl (C=O) groups excluding carboxylic acids is 1. The molecule has 0 atom stereocenters. The van der Waals surface area contributed by atoms with Gasteiger partial charge >= 0.3 is 0 Å². The van der Waals surface area contributed by atoms with Crippen molar-refractivity contribution >= 4 is 24.5 Å². The maximum atomic E-state index is 13.5. The van der Waals surface area contributed by atoms with Gasteiger partial charge in [0.25, 0.3) is 8.32 Å². The number of rotatable bonds is 7. The molecule has 0 bridgehead atoms. The average molecular weight is 371 g/mol. The van der Waals surface area contributed by atoms with Crippen LogP contribution in [0.15, 0.2) is 72.6 Å². The molecule has 26 heavy (non-hydrogen) atoms. The molecule has 0 saturated carbocycles. The standard InChI is InChI=1S/C22H27FO2Si/c1-18(24)21(23)16-11-17-25-26(22(2,3)4,19-12-7-5-8-13-19)20-14-9-6-10-15-20/h5-10,12-16H,11,17H2,1-4H3/b21-16+. The highest BCUT2D eigenvalue weighted by atomic mass is 28.4. The van der Waals surface area contributed by atoms with Crippen molar-refractivity contribution < 1.29 is 13.6 Å². The van der Waals surface area contributed by atoms with Crippen molar-refractivity contribution in [1.29, 1.82) is 0 Å². The Morgan fingerprint density at radius 1 is 1.00 bits per heavy atom. The van der Waals surface area contributed by atoms with Crippen LogP contribution in [0.5, 0.6) is 0 Å². The van der Waals surface area contributed by atoms with Crippen LogP contribution in [0.1, 0.15) is 34.1 Å². The van der Waals surface area contributed by atoms with Crippen LogP contribution in [-0.2, 0) is 9.22 Å². The third-order valence-electron chi connectivity index (χ3n) is 4.51. The second-order valence-corrected chi connectivity index (χ2v) is 11.7. The Hall–Kier alpha value is -2.04. The second kappa shape index (κ2) is 8.56. The molecule has 0 amide bonds. The summed E-state index contributed by atoms with van der Waals surface area (Å²) in [5.74, 6) is -1.24. The normalized spacial score (nSPS) is 12.9. The fraction of sp³-hybridized carbons (Fsp3) is 0.318. The molecule has 138 valence electrons. The first-order chi connectivity index (χ1) is 12.3. The summed E-state index contributed by atoms with van der Waals surface area (Å²) in [4.78, 5) is 11.1. The second-order valence-electron chi connectivity index (χ2n) is 7.41. The molecule has 0 radical (unpaired) electrons. The molecule has 2 nitrogen and oxygen atoms in total. The highest BCUT2D eigenvalue weighted by Crippen LogP contribution is 2.36. The Morgan fingerprint density at radius 3 is 1.85 bits per heavy atom. The smallest absolute Gasteiger partial charge is 0.261 e. The lowest BCUT2D eigenvalue weighted by atomic mass is 10.2. The van der Waals surface area contributed by atoms with Gasteiger partial charge in [-0.25, -0.2) is 4.39 Å². The van der Waals surface area contributed by atoms with Gasteiger partial charge in [-0.3, -0.25) is 4.79 Å². The van der Waals surface area contributed by atoms with E-state index in [2.05, 4.69) is 45.0 Å². The molecular weight excluding hydrogens is 343 g/mol. The lowest BCUT2D eigenvalue weighted by Crippen LogP contribution is -2.66. The Kier molecular flexibility index (Phi) is 6.67.